The van der Waals surface area contributed by atoms with E-state index in [4.69, 9.17) is 39.9 Å². The van der Waals surface area contributed by atoms with Crippen LogP contribution >= 0.6 is 34.8 Å². The number of hydrogen-bond acceptors (Lipinski definition) is 11. The molecule has 1 aliphatic carbocycles. The van der Waals surface area contributed by atoms with E-state index in [2.05, 4.69) is 68.4 Å². The number of fused-ring (bicyclic) bond motifs is 4. The molecule has 0 radical (unpaired) electrons. The normalized spacial score (nSPS) is 19.7. The minimum atomic E-state index is -0.203. The van der Waals surface area contributed by atoms with Gasteiger partial charge in [0.15, 0.2) is 0 Å². The number of H-pyrrole nitrogens is 2. The molecule has 0 unspecified atom stereocenters. The van der Waals surface area contributed by atoms with Crippen molar-refractivity contribution in [2.45, 2.75) is 116 Å². The fourth-order valence-corrected chi connectivity index (χ4v) is 9.08. The van der Waals surface area contributed by atoms with Crippen LogP contribution in [-0.4, -0.2) is 87.5 Å². The van der Waals surface area contributed by atoms with Gasteiger partial charge in [-0.15, -0.1) is 0 Å². The lowest BCUT2D eigenvalue weighted by Gasteiger charge is -2.39. The van der Waals surface area contributed by atoms with Gasteiger partial charge in [-0.2, -0.15) is 0 Å². The van der Waals surface area contributed by atoms with Gasteiger partial charge in [-0.25, -0.2) is 29.9 Å². The molecule has 58 heavy (non-hydrogen) atoms. The van der Waals surface area contributed by atoms with Crippen molar-refractivity contribution >= 4 is 74.1 Å². The number of aromatic amines is 2. The summed E-state index contributed by atoms with van der Waals surface area (Å²) in [5.74, 6) is 0.999. The summed E-state index contributed by atoms with van der Waals surface area (Å²) in [6, 6.07) is 8.48. The van der Waals surface area contributed by atoms with E-state index in [0.29, 0.717) is 22.0 Å². The third-order valence-corrected chi connectivity index (χ3v) is 12.3. The summed E-state index contributed by atoms with van der Waals surface area (Å²) in [5, 5.41) is 22.4. The Kier molecular flexibility index (Phi) is 13.2. The molecule has 0 spiro atoms. The van der Waals surface area contributed by atoms with Crippen LogP contribution < -0.4 is 14.7 Å². The second-order valence-corrected chi connectivity index (χ2v) is 16.6. The molecule has 0 aromatic carbocycles. The van der Waals surface area contributed by atoms with E-state index >= 15 is 0 Å². The van der Waals surface area contributed by atoms with Gasteiger partial charge in [0.05, 0.1) is 35.0 Å². The molecule has 2 fully saturated rings. The summed E-state index contributed by atoms with van der Waals surface area (Å²) in [4.78, 5) is 39.6. The summed E-state index contributed by atoms with van der Waals surface area (Å²) >= 11 is 18.7. The van der Waals surface area contributed by atoms with E-state index in [1.807, 2.05) is 36.7 Å². The third kappa shape index (κ3) is 8.98. The van der Waals surface area contributed by atoms with Crippen LogP contribution in [0.5, 0.6) is 0 Å². The first kappa shape index (κ1) is 41.9. The molecule has 13 nitrogen and oxygen atoms in total. The van der Waals surface area contributed by atoms with Gasteiger partial charge in [0.25, 0.3) is 0 Å². The largest absolute Gasteiger partial charge is 0.393 e. The first-order valence-corrected chi connectivity index (χ1v) is 21.0. The Hall–Kier alpha value is -4.27. The Morgan fingerprint density at radius 3 is 1.69 bits per heavy atom. The maximum atomic E-state index is 9.85. The quantitative estimate of drug-likeness (QED) is 0.100. The van der Waals surface area contributed by atoms with Gasteiger partial charge < -0.3 is 34.9 Å². The SMILES string of the molecule is C.C[C@@H]1Cc2ncnc(Cl)c2CN1c1cc(Cl)nc2[nH]ccc12.C[C@@H]1Cc2ncnc(N3CCC(O)CC3)c2CN1c1cc(Cl)nc2[nH]ccc12.OC1CCCCC1. The maximum absolute atomic E-state index is 9.85. The van der Waals surface area contributed by atoms with Crippen LogP contribution in [0, 0.1) is 0 Å². The first-order valence-electron chi connectivity index (χ1n) is 19.9. The summed E-state index contributed by atoms with van der Waals surface area (Å²) in [6.45, 7) is 7.43. The van der Waals surface area contributed by atoms with Crippen LogP contribution in [0.1, 0.15) is 88.7 Å². The molecule has 0 amide bonds. The van der Waals surface area contributed by atoms with Gasteiger partial charge in [0.2, 0.25) is 0 Å². The molecule has 6 aromatic heterocycles. The standard InChI is InChI=1S/C20H23ClN6O.C15H13Cl2N5.C6H12O.CH4/c1-12-8-16-15(20(24-11-23-16)26-6-3-13(28)4-7-26)10-27(12)17-9-18(21)25-19-14(17)2-5-22-19;1-8-4-11-10(14(17)20-7-19-11)6-22(8)12-5-13(16)21-15-9(12)2-3-18-15;7-6-4-2-1-3-5-6;/h2,5,9,11-13,28H,3-4,6-8,10H2,1H3,(H,22,25);2-3,5,7-8H,4,6H2,1H3,(H,18,21);6-7H,1-5H2;1H4/t12-;8-;;/m11../s1. The van der Waals surface area contributed by atoms with Crippen molar-refractivity contribution in [3.8, 4) is 0 Å². The van der Waals surface area contributed by atoms with Crippen LogP contribution in [-0.2, 0) is 25.9 Å². The summed E-state index contributed by atoms with van der Waals surface area (Å²) in [6.07, 6.45) is 15.9. The number of piperidine rings is 1. The van der Waals surface area contributed by atoms with Crippen LogP contribution in [0.15, 0.2) is 49.3 Å². The zero-order chi connectivity index (χ0) is 39.6. The predicted octanol–water partition coefficient (Wildman–Crippen LogP) is 8.48. The van der Waals surface area contributed by atoms with Crippen LogP contribution in [0.4, 0.5) is 17.2 Å². The van der Waals surface area contributed by atoms with E-state index < -0.39 is 0 Å². The molecule has 2 atom stereocenters. The van der Waals surface area contributed by atoms with Crippen molar-refractivity contribution in [1.29, 1.82) is 0 Å². The zero-order valence-electron chi connectivity index (χ0n) is 32.2. The molecular weight excluding hydrogens is 797 g/mol. The second kappa shape index (κ2) is 18.3. The average Bonchev–Trinajstić information content (AvgIpc) is 3.88. The van der Waals surface area contributed by atoms with E-state index in [1.54, 1.807) is 6.33 Å². The predicted molar refractivity (Wildman–Crippen MR) is 233 cm³/mol. The van der Waals surface area contributed by atoms with Gasteiger partial charge in [-0.3, -0.25) is 0 Å². The number of hydrogen-bond donors (Lipinski definition) is 4. The lowest BCUT2D eigenvalue weighted by molar-refractivity contribution is 0.130. The topological polar surface area (TPSA) is 159 Å². The minimum absolute atomic E-state index is 0. The van der Waals surface area contributed by atoms with E-state index in [1.165, 1.54) is 31.2 Å². The van der Waals surface area contributed by atoms with Gasteiger partial charge >= 0.3 is 0 Å². The van der Waals surface area contributed by atoms with Crippen molar-refractivity contribution < 1.29 is 10.2 Å². The van der Waals surface area contributed by atoms with Gasteiger partial charge in [0.1, 0.15) is 45.2 Å². The molecular formula is C42H52Cl3N11O2. The Bertz CT molecular complexity index is 2320. The highest BCUT2D eigenvalue weighted by atomic mass is 35.5. The summed E-state index contributed by atoms with van der Waals surface area (Å²) in [5.41, 5.74) is 8.02. The van der Waals surface area contributed by atoms with Crippen LogP contribution in [0.25, 0.3) is 22.1 Å². The van der Waals surface area contributed by atoms with Crippen molar-refractivity contribution in [3.63, 3.8) is 0 Å². The molecule has 4 N–H and O–H groups in total. The van der Waals surface area contributed by atoms with Crippen LogP contribution in [0.3, 0.4) is 0 Å². The van der Waals surface area contributed by atoms with Crippen LogP contribution in [0.2, 0.25) is 15.5 Å². The monoisotopic (exact) mass is 847 g/mol. The molecule has 0 bridgehead atoms. The average molecular weight is 849 g/mol. The highest BCUT2D eigenvalue weighted by Gasteiger charge is 2.31. The number of nitrogens with one attached hydrogen (secondary N) is 2. The zero-order valence-corrected chi connectivity index (χ0v) is 34.4. The number of rotatable bonds is 3. The third-order valence-electron chi connectivity index (χ3n) is 11.6. The van der Waals surface area contributed by atoms with Gasteiger partial charge in [-0.1, -0.05) is 61.5 Å². The van der Waals surface area contributed by atoms with Crippen molar-refractivity contribution in [2.75, 3.05) is 27.8 Å². The Morgan fingerprint density at radius 2 is 1.16 bits per heavy atom. The van der Waals surface area contributed by atoms with Crippen molar-refractivity contribution in [2.24, 2.45) is 0 Å². The molecule has 10 rings (SSSR count). The lowest BCUT2D eigenvalue weighted by Crippen LogP contribution is -2.42. The number of aliphatic hydroxyl groups excluding tert-OH is 2. The number of aromatic nitrogens is 8. The minimum Gasteiger partial charge on any atom is -0.393 e. The van der Waals surface area contributed by atoms with E-state index in [-0.39, 0.29) is 31.7 Å². The molecule has 6 aromatic rings. The number of pyridine rings is 2. The Labute approximate surface area is 354 Å². The van der Waals surface area contributed by atoms with Crippen molar-refractivity contribution in [3.05, 3.63) is 87.3 Å². The molecule has 16 heteroatoms. The summed E-state index contributed by atoms with van der Waals surface area (Å²) < 4.78 is 0. The maximum Gasteiger partial charge on any atom is 0.141 e. The molecule has 1 saturated carbocycles. The second-order valence-electron chi connectivity index (χ2n) is 15.5. The van der Waals surface area contributed by atoms with Gasteiger partial charge in [0, 0.05) is 85.4 Å². The van der Waals surface area contributed by atoms with E-state index in [0.717, 1.165) is 114 Å². The fourth-order valence-electron chi connectivity index (χ4n) is 8.50. The fraction of sp³-hybridized carbons (Fsp3) is 0.476. The highest BCUT2D eigenvalue weighted by molar-refractivity contribution is 6.31. The number of halogens is 3. The smallest absolute Gasteiger partial charge is 0.141 e. The molecule has 1 saturated heterocycles. The van der Waals surface area contributed by atoms with E-state index in [9.17, 15) is 5.11 Å². The first-order chi connectivity index (χ1) is 27.6. The van der Waals surface area contributed by atoms with Crippen molar-refractivity contribution in [1.82, 2.24) is 39.9 Å². The molecule has 9 heterocycles. The lowest BCUT2D eigenvalue weighted by atomic mass is 9.97. The number of anilines is 3. The molecule has 4 aliphatic rings. The molecule has 308 valence electrons. The summed E-state index contributed by atoms with van der Waals surface area (Å²) in [7, 11) is 0. The number of aliphatic hydroxyl groups is 2. The Morgan fingerprint density at radius 1 is 0.655 bits per heavy atom. The Balaban J connectivity index is 0.000000152. The van der Waals surface area contributed by atoms with Gasteiger partial charge in [-0.05, 0) is 63.8 Å². The molecule has 3 aliphatic heterocycles. The number of nitrogens with zero attached hydrogens (tertiary/aromatic N) is 9. The highest BCUT2D eigenvalue weighted by Crippen LogP contribution is 2.38.